The molecular weight excluding hydrogens is 799 g/mol. The third kappa shape index (κ3) is 50.3. The van der Waals surface area contributed by atoms with Crippen LogP contribution < -0.4 is 5.32 Å². The highest BCUT2D eigenvalue weighted by Crippen LogP contribution is 2.18. The fraction of sp³-hybridized carbons (Fsp3) is 0.883. The Balaban J connectivity index is 3.47. The molecule has 0 aliphatic heterocycles. The second-order valence-electron chi connectivity index (χ2n) is 20.2. The molecule has 0 aliphatic carbocycles. The number of unbranched alkanes of at least 4 members (excludes halogenated alkanes) is 42. The van der Waals surface area contributed by atoms with Gasteiger partial charge in [-0.3, -0.25) is 4.79 Å². The van der Waals surface area contributed by atoms with Crippen LogP contribution in [0.4, 0.5) is 0 Å². The molecule has 0 fully saturated rings. The maximum absolute atomic E-state index is 12.5. The van der Waals surface area contributed by atoms with Gasteiger partial charge in [0.1, 0.15) is 6.10 Å². The number of nitrogens with one attached hydrogen (secondary N) is 1. The average molecular weight is 915 g/mol. The van der Waals surface area contributed by atoms with E-state index in [0.717, 1.165) is 44.9 Å². The first-order valence-corrected chi connectivity index (χ1v) is 29.3. The SMILES string of the molecule is CCCCCCC/C=C/CC/C=C/CC/C=C/C(O)C(CO)NC(=O)C(O)CCCCCCCCCCCCCCCCCCCCCCCCCCCCCCCCCCCCCC. The van der Waals surface area contributed by atoms with Crippen LogP contribution in [0.3, 0.4) is 0 Å². The molecule has 0 spiro atoms. The molecule has 0 saturated carbocycles. The summed E-state index contributed by atoms with van der Waals surface area (Å²) in [5.74, 6) is -0.513. The highest BCUT2D eigenvalue weighted by atomic mass is 16.3. The maximum atomic E-state index is 12.5. The smallest absolute Gasteiger partial charge is 0.249 e. The highest BCUT2D eigenvalue weighted by molar-refractivity contribution is 5.80. The molecule has 0 radical (unpaired) electrons. The number of amides is 1. The summed E-state index contributed by atoms with van der Waals surface area (Å²) in [7, 11) is 0. The van der Waals surface area contributed by atoms with Crippen molar-refractivity contribution in [3.05, 3.63) is 36.5 Å². The van der Waals surface area contributed by atoms with Crippen molar-refractivity contribution in [1.29, 1.82) is 0 Å². The monoisotopic (exact) mass is 914 g/mol. The van der Waals surface area contributed by atoms with Gasteiger partial charge in [0.25, 0.3) is 0 Å². The van der Waals surface area contributed by atoms with Crippen LogP contribution in [-0.2, 0) is 4.79 Å². The zero-order valence-corrected chi connectivity index (χ0v) is 43.9. The van der Waals surface area contributed by atoms with Gasteiger partial charge in [0.15, 0.2) is 0 Å². The molecule has 65 heavy (non-hydrogen) atoms. The molecule has 3 unspecified atom stereocenters. The van der Waals surface area contributed by atoms with Gasteiger partial charge in [0, 0.05) is 0 Å². The highest BCUT2D eigenvalue weighted by Gasteiger charge is 2.22. The van der Waals surface area contributed by atoms with Gasteiger partial charge in [0.05, 0.1) is 18.8 Å². The van der Waals surface area contributed by atoms with Crippen LogP contribution in [0, 0.1) is 0 Å². The van der Waals surface area contributed by atoms with E-state index < -0.39 is 24.2 Å². The van der Waals surface area contributed by atoms with E-state index in [4.69, 9.17) is 0 Å². The Bertz CT molecular complexity index is 1010. The fourth-order valence-corrected chi connectivity index (χ4v) is 9.16. The summed E-state index contributed by atoms with van der Waals surface area (Å²) < 4.78 is 0. The summed E-state index contributed by atoms with van der Waals surface area (Å²) in [6.07, 6.45) is 72.5. The summed E-state index contributed by atoms with van der Waals surface area (Å²) in [5, 5.41) is 33.3. The average Bonchev–Trinajstić information content (AvgIpc) is 3.31. The van der Waals surface area contributed by atoms with Crippen molar-refractivity contribution in [1.82, 2.24) is 5.32 Å². The van der Waals surface area contributed by atoms with Gasteiger partial charge < -0.3 is 20.6 Å². The topological polar surface area (TPSA) is 89.8 Å². The summed E-state index contributed by atoms with van der Waals surface area (Å²) >= 11 is 0. The molecule has 5 heteroatoms. The molecule has 3 atom stereocenters. The minimum atomic E-state index is -1.11. The van der Waals surface area contributed by atoms with E-state index in [1.165, 1.54) is 250 Å². The Labute approximate surface area is 406 Å². The van der Waals surface area contributed by atoms with Gasteiger partial charge >= 0.3 is 0 Å². The molecule has 5 nitrogen and oxygen atoms in total. The number of carbonyl (C=O) groups is 1. The Morgan fingerprint density at radius 1 is 0.369 bits per heavy atom. The predicted molar refractivity (Wildman–Crippen MR) is 287 cm³/mol. The molecule has 4 N–H and O–H groups in total. The van der Waals surface area contributed by atoms with Gasteiger partial charge in [-0.05, 0) is 44.9 Å². The summed E-state index contributed by atoms with van der Waals surface area (Å²) in [5.41, 5.74) is 0. The van der Waals surface area contributed by atoms with Crippen LogP contribution in [0.25, 0.3) is 0 Å². The molecule has 0 heterocycles. The second-order valence-corrected chi connectivity index (χ2v) is 20.2. The molecule has 0 bridgehead atoms. The predicted octanol–water partition coefficient (Wildman–Crippen LogP) is 18.2. The van der Waals surface area contributed by atoms with Crippen LogP contribution in [0.1, 0.15) is 316 Å². The Kier molecular flexibility index (Phi) is 54.0. The first-order chi connectivity index (χ1) is 32.1. The minimum absolute atomic E-state index is 0.379. The number of aliphatic hydroxyl groups is 3. The third-order valence-electron chi connectivity index (χ3n) is 13.7. The molecule has 0 aliphatic rings. The van der Waals surface area contributed by atoms with Gasteiger partial charge in [-0.25, -0.2) is 0 Å². The first kappa shape index (κ1) is 63.6. The second kappa shape index (κ2) is 55.2. The van der Waals surface area contributed by atoms with E-state index in [2.05, 4.69) is 43.5 Å². The summed E-state index contributed by atoms with van der Waals surface area (Å²) in [4.78, 5) is 12.5. The van der Waals surface area contributed by atoms with Gasteiger partial charge in [-0.15, -0.1) is 0 Å². The van der Waals surface area contributed by atoms with Crippen LogP contribution in [0.15, 0.2) is 36.5 Å². The van der Waals surface area contributed by atoms with Crippen LogP contribution in [-0.4, -0.2) is 46.1 Å². The number of allylic oxidation sites excluding steroid dienone is 5. The van der Waals surface area contributed by atoms with Crippen molar-refractivity contribution >= 4 is 5.91 Å². The minimum Gasteiger partial charge on any atom is -0.394 e. The van der Waals surface area contributed by atoms with Crippen LogP contribution in [0.5, 0.6) is 0 Å². The lowest BCUT2D eigenvalue weighted by Crippen LogP contribution is -2.48. The lowest BCUT2D eigenvalue weighted by atomic mass is 10.0. The quantitative estimate of drug-likeness (QED) is 0.0361. The van der Waals surface area contributed by atoms with Crippen molar-refractivity contribution < 1.29 is 20.1 Å². The van der Waals surface area contributed by atoms with Crippen LogP contribution in [0.2, 0.25) is 0 Å². The largest absolute Gasteiger partial charge is 0.394 e. The molecule has 0 aromatic rings. The van der Waals surface area contributed by atoms with E-state index in [-0.39, 0.29) is 6.61 Å². The van der Waals surface area contributed by atoms with Gasteiger partial charge in [-0.1, -0.05) is 307 Å². The number of rotatable bonds is 54. The van der Waals surface area contributed by atoms with Gasteiger partial charge in [0.2, 0.25) is 5.91 Å². The molecular formula is C60H115NO4. The molecule has 0 rings (SSSR count). The van der Waals surface area contributed by atoms with E-state index >= 15 is 0 Å². The molecule has 0 aromatic carbocycles. The Morgan fingerprint density at radius 3 is 0.938 bits per heavy atom. The van der Waals surface area contributed by atoms with E-state index in [0.29, 0.717) is 6.42 Å². The number of carbonyl (C=O) groups excluding carboxylic acids is 1. The van der Waals surface area contributed by atoms with Crippen molar-refractivity contribution in [2.24, 2.45) is 0 Å². The fourth-order valence-electron chi connectivity index (χ4n) is 9.16. The van der Waals surface area contributed by atoms with Crippen molar-refractivity contribution in [2.45, 2.75) is 334 Å². The number of aliphatic hydroxyl groups excluding tert-OH is 3. The molecule has 384 valence electrons. The van der Waals surface area contributed by atoms with Crippen molar-refractivity contribution in [2.75, 3.05) is 6.61 Å². The van der Waals surface area contributed by atoms with E-state index in [1.54, 1.807) is 6.08 Å². The van der Waals surface area contributed by atoms with Crippen LogP contribution >= 0.6 is 0 Å². The van der Waals surface area contributed by atoms with E-state index in [9.17, 15) is 20.1 Å². The van der Waals surface area contributed by atoms with Crippen molar-refractivity contribution in [3.8, 4) is 0 Å². The standard InChI is InChI=1S/C60H115NO4/c1-3-5-7-9-11-13-15-17-19-20-21-22-23-24-25-26-27-28-29-30-31-32-33-34-35-36-37-38-39-41-43-45-47-49-51-53-55-59(64)60(65)61-57(56-62)58(63)54-52-50-48-46-44-42-40-18-16-14-12-10-8-6-4-2/h16,18,44,46,52,54,57-59,62-64H,3-15,17,19-43,45,47-51,53,55-56H2,1-2H3,(H,61,65)/b18-16+,46-44+,54-52+. The number of hydrogen-bond donors (Lipinski definition) is 4. The van der Waals surface area contributed by atoms with Crippen molar-refractivity contribution in [3.63, 3.8) is 0 Å². The maximum Gasteiger partial charge on any atom is 0.249 e. The Morgan fingerprint density at radius 2 is 0.631 bits per heavy atom. The van der Waals surface area contributed by atoms with E-state index in [1.807, 2.05) is 6.08 Å². The third-order valence-corrected chi connectivity index (χ3v) is 13.7. The summed E-state index contributed by atoms with van der Waals surface area (Å²) in [6.45, 7) is 4.18. The number of hydrogen-bond acceptors (Lipinski definition) is 4. The molecule has 0 saturated heterocycles. The summed E-state index contributed by atoms with van der Waals surface area (Å²) in [6, 6.07) is -0.819. The lowest BCUT2D eigenvalue weighted by molar-refractivity contribution is -0.131. The zero-order chi connectivity index (χ0) is 47.2. The molecule has 1 amide bonds. The normalized spacial score (nSPS) is 13.5. The first-order valence-electron chi connectivity index (χ1n) is 29.3. The zero-order valence-electron chi connectivity index (χ0n) is 43.9. The van der Waals surface area contributed by atoms with Gasteiger partial charge in [-0.2, -0.15) is 0 Å². The molecule has 0 aromatic heterocycles. The lowest BCUT2D eigenvalue weighted by Gasteiger charge is -2.21. The Hall–Kier alpha value is -1.43.